The molecule has 0 aromatic heterocycles. The summed E-state index contributed by atoms with van der Waals surface area (Å²) in [6, 6.07) is 0. The molecule has 0 spiro atoms. The predicted molar refractivity (Wildman–Crippen MR) is 261 cm³/mol. The average molecular weight is 1010 g/mol. The van der Waals surface area contributed by atoms with Gasteiger partial charge in [0.2, 0.25) is 0 Å². The number of allylic oxidation sites excluding steroid dienone is 10. The van der Waals surface area contributed by atoms with Crippen LogP contribution in [-0.4, -0.2) is 114 Å². The van der Waals surface area contributed by atoms with Crippen LogP contribution < -0.4 is 0 Å². The summed E-state index contributed by atoms with van der Waals surface area (Å²) in [5.74, 6) is -1.29. The number of hydrogen-bond acceptors (Lipinski definition) is 14. The van der Waals surface area contributed by atoms with E-state index in [1.54, 1.807) is 6.92 Å². The Bertz CT molecular complexity index is 1560. The first-order valence-electron chi connectivity index (χ1n) is 24.9. The van der Waals surface area contributed by atoms with Crippen LogP contribution in [0.4, 0.5) is 0 Å². The van der Waals surface area contributed by atoms with E-state index in [4.69, 9.17) is 18.5 Å². The van der Waals surface area contributed by atoms with Crippen LogP contribution in [0.5, 0.6) is 0 Å². The summed E-state index contributed by atoms with van der Waals surface area (Å²) in [6.45, 7) is 2.61. The summed E-state index contributed by atoms with van der Waals surface area (Å²) >= 11 is 0. The van der Waals surface area contributed by atoms with Crippen LogP contribution in [0.15, 0.2) is 60.8 Å². The van der Waals surface area contributed by atoms with Crippen molar-refractivity contribution in [2.45, 2.75) is 223 Å². The summed E-state index contributed by atoms with van der Waals surface area (Å²) in [4.78, 5) is 54.3. The van der Waals surface area contributed by atoms with E-state index in [1.807, 2.05) is 18.2 Å². The maximum Gasteiger partial charge on any atom is 0.472 e. The summed E-state index contributed by atoms with van der Waals surface area (Å²) < 4.78 is 49.4. The van der Waals surface area contributed by atoms with Gasteiger partial charge in [0, 0.05) is 12.8 Å². The Morgan fingerprint density at radius 3 is 1.50 bits per heavy atom. The van der Waals surface area contributed by atoms with Crippen molar-refractivity contribution < 1.29 is 82.0 Å². The molecule has 1 rings (SSSR count). The van der Waals surface area contributed by atoms with Crippen LogP contribution in [0.1, 0.15) is 174 Å². The first-order valence-corrected chi connectivity index (χ1v) is 27.9. The number of aliphatic hydroxyl groups excluding tert-OH is 5. The molecule has 0 bridgehead atoms. The minimum Gasteiger partial charge on any atom is -0.462 e. The fraction of sp³-hybridized carbons (Fsp3) is 0.755. The van der Waals surface area contributed by atoms with Gasteiger partial charge in [-0.15, -0.1) is 0 Å². The van der Waals surface area contributed by atoms with Gasteiger partial charge in [0.15, 0.2) is 6.10 Å². The molecular formula is C49H86O17P2. The zero-order chi connectivity index (χ0) is 50.5. The fourth-order valence-electron chi connectivity index (χ4n) is 7.21. The molecule has 0 saturated heterocycles. The highest BCUT2D eigenvalue weighted by Crippen LogP contribution is 2.49. The number of carbonyl (C=O) groups excluding carboxylic acids is 2. The molecule has 19 heteroatoms. The maximum absolute atomic E-state index is 13.0. The molecule has 9 atom stereocenters. The van der Waals surface area contributed by atoms with Gasteiger partial charge in [-0.05, 0) is 90.4 Å². The highest BCUT2D eigenvalue weighted by Gasteiger charge is 2.54. The Balaban J connectivity index is 2.61. The van der Waals surface area contributed by atoms with Crippen molar-refractivity contribution in [3.63, 3.8) is 0 Å². The Morgan fingerprint density at radius 2 is 0.971 bits per heavy atom. The fourth-order valence-corrected chi connectivity index (χ4v) is 8.75. The molecule has 1 aliphatic carbocycles. The maximum atomic E-state index is 13.0. The van der Waals surface area contributed by atoms with Gasteiger partial charge in [-0.3, -0.25) is 23.2 Å². The van der Waals surface area contributed by atoms with E-state index in [9.17, 15) is 58.9 Å². The lowest BCUT2D eigenvalue weighted by Crippen LogP contribution is -2.64. The van der Waals surface area contributed by atoms with Crippen molar-refractivity contribution in [3.8, 4) is 0 Å². The Morgan fingerprint density at radius 1 is 0.529 bits per heavy atom. The third kappa shape index (κ3) is 34.1. The molecule has 1 saturated carbocycles. The summed E-state index contributed by atoms with van der Waals surface area (Å²) in [6.07, 6.45) is 28.8. The molecule has 17 nitrogen and oxygen atoms in total. The van der Waals surface area contributed by atoms with E-state index in [1.165, 1.54) is 38.5 Å². The zero-order valence-corrected chi connectivity index (χ0v) is 42.4. The minimum atomic E-state index is -5.38. The second-order valence-corrected chi connectivity index (χ2v) is 20.1. The zero-order valence-electron chi connectivity index (χ0n) is 40.6. The molecule has 0 aromatic rings. The molecular weight excluding hydrogens is 922 g/mol. The number of phosphoric ester groups is 2. The molecule has 5 unspecified atom stereocenters. The van der Waals surface area contributed by atoms with E-state index < -0.39 is 83.5 Å². The van der Waals surface area contributed by atoms with Crippen LogP contribution in [0.2, 0.25) is 0 Å². The average Bonchev–Trinajstić information content (AvgIpc) is 3.28. The molecule has 1 fully saturated rings. The minimum absolute atomic E-state index is 0.0192. The Kier molecular flexibility index (Phi) is 36.8. The van der Waals surface area contributed by atoms with Gasteiger partial charge in [0.05, 0.1) is 12.7 Å². The van der Waals surface area contributed by atoms with Crippen molar-refractivity contribution in [3.05, 3.63) is 60.8 Å². The molecule has 0 aliphatic heterocycles. The number of rotatable bonds is 41. The normalized spacial score (nSPS) is 22.2. The van der Waals surface area contributed by atoms with Crippen LogP contribution >= 0.6 is 15.6 Å². The number of ether oxygens (including phenoxy) is 2. The molecule has 394 valence electrons. The summed E-state index contributed by atoms with van der Waals surface area (Å²) in [5, 5.41) is 50.6. The first-order chi connectivity index (χ1) is 32.5. The Hall–Kier alpha value is -2.34. The van der Waals surface area contributed by atoms with E-state index >= 15 is 0 Å². The van der Waals surface area contributed by atoms with Gasteiger partial charge in [-0.2, -0.15) is 0 Å². The smallest absolute Gasteiger partial charge is 0.462 e. The molecule has 0 radical (unpaired) electrons. The quantitative estimate of drug-likeness (QED) is 0.0123. The second kappa shape index (κ2) is 39.3. The number of phosphoric acid groups is 2. The van der Waals surface area contributed by atoms with Gasteiger partial charge in [0.1, 0.15) is 43.2 Å². The van der Waals surface area contributed by atoms with Crippen LogP contribution in [0.3, 0.4) is 0 Å². The van der Waals surface area contributed by atoms with Crippen molar-refractivity contribution >= 4 is 27.6 Å². The van der Waals surface area contributed by atoms with Gasteiger partial charge in [-0.25, -0.2) is 9.13 Å². The monoisotopic (exact) mass is 1010 g/mol. The van der Waals surface area contributed by atoms with Crippen LogP contribution in [-0.2, 0) is 41.8 Å². The molecule has 68 heavy (non-hydrogen) atoms. The largest absolute Gasteiger partial charge is 0.472 e. The highest BCUT2D eigenvalue weighted by molar-refractivity contribution is 7.47. The lowest BCUT2D eigenvalue weighted by molar-refractivity contribution is -0.216. The first kappa shape index (κ1) is 63.7. The van der Waals surface area contributed by atoms with Crippen molar-refractivity contribution in [1.82, 2.24) is 0 Å². The van der Waals surface area contributed by atoms with Gasteiger partial charge < -0.3 is 49.7 Å². The highest BCUT2D eigenvalue weighted by atomic mass is 31.2. The number of hydrogen-bond donors (Lipinski definition) is 8. The summed E-state index contributed by atoms with van der Waals surface area (Å²) in [7, 11) is -10.7. The molecule has 1 aliphatic rings. The van der Waals surface area contributed by atoms with E-state index in [-0.39, 0.29) is 18.9 Å². The van der Waals surface area contributed by atoms with Gasteiger partial charge >= 0.3 is 27.6 Å². The van der Waals surface area contributed by atoms with E-state index in [0.717, 1.165) is 89.9 Å². The van der Waals surface area contributed by atoms with E-state index in [0.29, 0.717) is 19.3 Å². The summed E-state index contributed by atoms with van der Waals surface area (Å²) in [5.41, 5.74) is 0. The number of carbonyl (C=O) groups is 2. The van der Waals surface area contributed by atoms with Crippen molar-refractivity contribution in [1.29, 1.82) is 0 Å². The van der Waals surface area contributed by atoms with Gasteiger partial charge in [0.25, 0.3) is 0 Å². The molecule has 0 aromatic carbocycles. The van der Waals surface area contributed by atoms with Crippen LogP contribution in [0, 0.1) is 0 Å². The topological polar surface area (TPSA) is 276 Å². The molecule has 0 heterocycles. The SMILES string of the molecule is CCCCCCCC/C=C\CCCCCCCCCC(=O)O[C@H](COC(=O)CCC/C=C\C/C=C\C/C=C\C/C=C\CCC[C@@H](C)O)COP(=O)(O)O[C@H]1C(O)C(O)C(O)[C@@H](OP(=O)(O)O)C1O. The lowest BCUT2D eigenvalue weighted by Gasteiger charge is -2.43. The van der Waals surface area contributed by atoms with E-state index in [2.05, 4.69) is 54.0 Å². The second-order valence-electron chi connectivity index (χ2n) is 17.5. The number of esters is 2. The predicted octanol–water partition coefficient (Wildman–Crippen LogP) is 8.81. The number of aliphatic hydroxyl groups is 5. The van der Waals surface area contributed by atoms with Crippen molar-refractivity contribution in [2.24, 2.45) is 0 Å². The molecule has 8 N–H and O–H groups in total. The Labute approximate surface area is 405 Å². The standard InChI is InChI=1S/C49H86O17P2/c1-3-4-5-6-7-8-9-10-11-12-15-19-22-25-28-31-34-37-43(52)64-41(39-63-68(60,61)66-49-46(55)44(53)45(54)48(47(49)56)65-67(57,58)59)38-62-42(51)36-33-30-27-24-21-18-16-13-14-17-20-23-26-29-32-35-40(2)50/h10-11,14,16-18,23-24,26-27,40-41,44-50,53-56H,3-9,12-13,15,19-22,25,28-39H2,1-2H3,(H,60,61)(H2,57,58,59)/b11-10-,17-14-,18-16-,26-23-,27-24-/t40-,41-,44?,45?,46?,47?,48-,49+/m1/s1. The molecule has 0 amide bonds. The van der Waals surface area contributed by atoms with Gasteiger partial charge in [-0.1, -0.05) is 132 Å². The van der Waals surface area contributed by atoms with Crippen LogP contribution in [0.25, 0.3) is 0 Å². The third-order valence-electron chi connectivity index (χ3n) is 11.1. The third-order valence-corrected chi connectivity index (χ3v) is 12.6. The van der Waals surface area contributed by atoms with Crippen molar-refractivity contribution in [2.75, 3.05) is 13.2 Å². The lowest BCUT2D eigenvalue weighted by atomic mass is 9.85. The number of unbranched alkanes of at least 4 members (excludes halogenated alkanes) is 15.